The van der Waals surface area contributed by atoms with Crippen LogP contribution in [0.4, 0.5) is 0 Å². The molecule has 1 aromatic carbocycles. The molecule has 2 heterocycles. The Kier molecular flexibility index (Phi) is 4.98. The van der Waals surface area contributed by atoms with E-state index >= 15 is 0 Å². The highest BCUT2D eigenvalue weighted by Gasteiger charge is 2.21. The first kappa shape index (κ1) is 18.4. The molecule has 0 bridgehead atoms. The Morgan fingerprint density at radius 1 is 1.15 bits per heavy atom. The molecule has 0 radical (unpaired) electrons. The van der Waals surface area contributed by atoms with Gasteiger partial charge in [0.05, 0.1) is 5.02 Å². The van der Waals surface area contributed by atoms with Gasteiger partial charge in [-0.2, -0.15) is 0 Å². The fourth-order valence-corrected chi connectivity index (χ4v) is 4.41. The third-order valence-corrected chi connectivity index (χ3v) is 6.25. The van der Waals surface area contributed by atoms with Gasteiger partial charge in [0.25, 0.3) is 10.0 Å². The summed E-state index contributed by atoms with van der Waals surface area (Å²) in [5.41, 5.74) is 2.69. The number of halogens is 1. The molecule has 0 amide bonds. The number of hydrogen-bond donors (Lipinski definition) is 0. The second-order valence-corrected chi connectivity index (χ2v) is 8.26. The summed E-state index contributed by atoms with van der Waals surface area (Å²) < 4.78 is 26.8. The van der Waals surface area contributed by atoms with Crippen molar-refractivity contribution < 1.29 is 13.2 Å². The summed E-state index contributed by atoms with van der Waals surface area (Å²) in [4.78, 5) is 16.3. The van der Waals surface area contributed by atoms with Gasteiger partial charge in [0, 0.05) is 25.0 Å². The number of pyridine rings is 1. The normalized spacial score (nSPS) is 11.5. The number of aromatic nitrogens is 2. The number of ketones is 1. The summed E-state index contributed by atoms with van der Waals surface area (Å²) in [7, 11) is -3.83. The van der Waals surface area contributed by atoms with E-state index in [4.69, 9.17) is 11.6 Å². The molecule has 0 N–H and O–H groups in total. The van der Waals surface area contributed by atoms with Crippen molar-refractivity contribution in [3.05, 3.63) is 82.4 Å². The Labute approximate surface area is 157 Å². The topological polar surface area (TPSA) is 69.0 Å². The SMILES string of the molecule is Cc1cc(Cl)c(S(=O)(=O)n2ccc(CC(=O)c3ccccn3)c2)cc1C. The fraction of sp³-hybridized carbons (Fsp3) is 0.158. The number of carbonyl (C=O) groups is 1. The maximum atomic E-state index is 12.9. The van der Waals surface area contributed by atoms with E-state index in [0.29, 0.717) is 11.3 Å². The van der Waals surface area contributed by atoms with E-state index in [2.05, 4.69) is 4.98 Å². The molecule has 0 aliphatic carbocycles. The Balaban J connectivity index is 1.89. The summed E-state index contributed by atoms with van der Waals surface area (Å²) in [6.45, 7) is 3.70. The van der Waals surface area contributed by atoms with E-state index < -0.39 is 10.0 Å². The van der Waals surface area contributed by atoms with Crippen molar-refractivity contribution in [2.75, 3.05) is 0 Å². The van der Waals surface area contributed by atoms with Crippen LogP contribution in [0.15, 0.2) is 59.9 Å². The Morgan fingerprint density at radius 3 is 2.58 bits per heavy atom. The highest BCUT2D eigenvalue weighted by molar-refractivity contribution is 7.90. The number of aryl methyl sites for hydroxylation is 2. The largest absolute Gasteiger partial charge is 0.292 e. The van der Waals surface area contributed by atoms with Crippen LogP contribution in [-0.2, 0) is 16.4 Å². The summed E-state index contributed by atoms with van der Waals surface area (Å²) >= 11 is 6.15. The van der Waals surface area contributed by atoms with E-state index in [1.165, 1.54) is 12.4 Å². The minimum atomic E-state index is -3.83. The first-order valence-electron chi connectivity index (χ1n) is 7.92. The molecule has 0 aliphatic heterocycles. The Bertz CT molecular complexity index is 1070. The quantitative estimate of drug-likeness (QED) is 0.623. The third kappa shape index (κ3) is 3.57. The molecule has 0 unspecified atom stereocenters. The van der Waals surface area contributed by atoms with E-state index in [1.54, 1.807) is 42.6 Å². The Morgan fingerprint density at radius 2 is 1.88 bits per heavy atom. The van der Waals surface area contributed by atoms with Gasteiger partial charge in [-0.3, -0.25) is 9.78 Å². The van der Waals surface area contributed by atoms with Crippen LogP contribution in [0, 0.1) is 13.8 Å². The van der Waals surface area contributed by atoms with Gasteiger partial charge in [-0.1, -0.05) is 17.7 Å². The van der Waals surface area contributed by atoms with Gasteiger partial charge in [-0.15, -0.1) is 0 Å². The van der Waals surface area contributed by atoms with Crippen LogP contribution in [0.1, 0.15) is 27.2 Å². The molecule has 0 saturated heterocycles. The molecule has 2 aromatic heterocycles. The average Bonchev–Trinajstić information content (AvgIpc) is 3.08. The predicted octanol–water partition coefficient (Wildman–Crippen LogP) is 3.82. The molecule has 3 aromatic rings. The average molecular weight is 389 g/mol. The minimum Gasteiger partial charge on any atom is -0.292 e. The maximum absolute atomic E-state index is 12.9. The first-order chi connectivity index (χ1) is 12.3. The summed E-state index contributed by atoms with van der Waals surface area (Å²) in [6, 6.07) is 9.90. The van der Waals surface area contributed by atoms with Gasteiger partial charge < -0.3 is 0 Å². The summed E-state index contributed by atoms with van der Waals surface area (Å²) in [6.07, 6.45) is 4.47. The van der Waals surface area contributed by atoms with E-state index in [-0.39, 0.29) is 22.1 Å². The van der Waals surface area contributed by atoms with Crippen molar-refractivity contribution in [3.8, 4) is 0 Å². The molecule has 5 nitrogen and oxygen atoms in total. The van der Waals surface area contributed by atoms with Crippen LogP contribution in [0.5, 0.6) is 0 Å². The molecule has 0 spiro atoms. The number of rotatable bonds is 5. The van der Waals surface area contributed by atoms with Crippen molar-refractivity contribution in [2.24, 2.45) is 0 Å². The highest BCUT2D eigenvalue weighted by Crippen LogP contribution is 2.27. The van der Waals surface area contributed by atoms with E-state index in [0.717, 1.165) is 15.1 Å². The van der Waals surface area contributed by atoms with Crippen molar-refractivity contribution in [2.45, 2.75) is 25.2 Å². The van der Waals surface area contributed by atoms with Crippen molar-refractivity contribution in [1.82, 2.24) is 8.96 Å². The number of nitrogens with zero attached hydrogens (tertiary/aromatic N) is 2. The third-order valence-electron chi connectivity index (χ3n) is 4.15. The van der Waals surface area contributed by atoms with Gasteiger partial charge in [0.1, 0.15) is 10.6 Å². The van der Waals surface area contributed by atoms with Gasteiger partial charge in [-0.25, -0.2) is 12.4 Å². The number of Topliss-reactive ketones (excluding diaryl/α,β-unsaturated/α-hetero) is 1. The van der Waals surface area contributed by atoms with E-state index in [1.807, 2.05) is 13.8 Å². The molecular weight excluding hydrogens is 372 g/mol. The molecular formula is C19H17ClN2O3S. The zero-order chi connectivity index (χ0) is 18.9. The standard InChI is InChI=1S/C19H17ClN2O3S/c1-13-9-16(20)19(10-14(13)2)26(24,25)22-8-6-15(12-22)11-18(23)17-5-3-4-7-21-17/h3-10,12H,11H2,1-2H3. The lowest BCUT2D eigenvalue weighted by atomic mass is 10.1. The summed E-state index contributed by atoms with van der Waals surface area (Å²) in [5.74, 6) is -0.176. The van der Waals surface area contributed by atoms with Crippen LogP contribution >= 0.6 is 11.6 Å². The maximum Gasteiger partial charge on any atom is 0.269 e. The zero-order valence-corrected chi connectivity index (χ0v) is 15.9. The molecule has 0 atom stereocenters. The molecule has 134 valence electrons. The van der Waals surface area contributed by atoms with Crippen molar-refractivity contribution >= 4 is 27.4 Å². The van der Waals surface area contributed by atoms with Crippen LogP contribution in [-0.4, -0.2) is 23.2 Å². The molecule has 26 heavy (non-hydrogen) atoms. The van der Waals surface area contributed by atoms with Crippen LogP contribution < -0.4 is 0 Å². The molecule has 7 heteroatoms. The van der Waals surface area contributed by atoms with Gasteiger partial charge in [0.2, 0.25) is 0 Å². The fourth-order valence-electron chi connectivity index (χ4n) is 2.54. The van der Waals surface area contributed by atoms with Crippen LogP contribution in [0.25, 0.3) is 0 Å². The number of benzene rings is 1. The van der Waals surface area contributed by atoms with Crippen LogP contribution in [0.2, 0.25) is 5.02 Å². The predicted molar refractivity (Wildman–Crippen MR) is 100 cm³/mol. The number of carbonyl (C=O) groups excluding carboxylic acids is 1. The second-order valence-electron chi connectivity index (χ2n) is 6.04. The number of hydrogen-bond acceptors (Lipinski definition) is 4. The Hall–Kier alpha value is -2.44. The molecule has 0 saturated carbocycles. The molecule has 3 rings (SSSR count). The lowest BCUT2D eigenvalue weighted by molar-refractivity contribution is 0.0988. The molecule has 0 fully saturated rings. The summed E-state index contributed by atoms with van der Waals surface area (Å²) in [5, 5.41) is 0.174. The van der Waals surface area contributed by atoms with E-state index in [9.17, 15) is 13.2 Å². The van der Waals surface area contributed by atoms with Gasteiger partial charge in [0.15, 0.2) is 5.78 Å². The van der Waals surface area contributed by atoms with Gasteiger partial charge in [-0.05, 0) is 60.9 Å². The van der Waals surface area contributed by atoms with Crippen molar-refractivity contribution in [1.29, 1.82) is 0 Å². The monoisotopic (exact) mass is 388 g/mol. The van der Waals surface area contributed by atoms with Crippen molar-refractivity contribution in [3.63, 3.8) is 0 Å². The highest BCUT2D eigenvalue weighted by atomic mass is 35.5. The first-order valence-corrected chi connectivity index (χ1v) is 9.74. The van der Waals surface area contributed by atoms with Gasteiger partial charge >= 0.3 is 0 Å². The second kappa shape index (κ2) is 7.05. The molecule has 0 aliphatic rings. The zero-order valence-electron chi connectivity index (χ0n) is 14.3. The lowest BCUT2D eigenvalue weighted by Crippen LogP contribution is -2.12. The smallest absolute Gasteiger partial charge is 0.269 e. The minimum absolute atomic E-state index is 0.0421. The van der Waals surface area contributed by atoms with Crippen LogP contribution in [0.3, 0.4) is 0 Å². The lowest BCUT2D eigenvalue weighted by Gasteiger charge is -2.10.